The average Bonchev–Trinajstić information content (AvgIpc) is 2.48. The maximum absolute atomic E-state index is 11.7. The molecule has 2 rings (SSSR count). The van der Waals surface area contributed by atoms with Crippen molar-refractivity contribution in [3.63, 3.8) is 0 Å². The molecule has 0 aliphatic carbocycles. The molecular weight excluding hydrogens is 329 g/mol. The molecule has 0 saturated carbocycles. The first-order valence-electron chi connectivity index (χ1n) is 6.05. The van der Waals surface area contributed by atoms with Crippen LogP contribution in [0.4, 0.5) is 5.69 Å². The Hall–Kier alpha value is -2.37. The third kappa shape index (κ3) is 4.31. The highest BCUT2D eigenvalue weighted by molar-refractivity contribution is 6.35. The second-order valence-electron chi connectivity index (χ2n) is 4.18. The zero-order chi connectivity index (χ0) is 16.1. The maximum atomic E-state index is 11.7. The number of nitrogens with zero attached hydrogens (tertiary/aromatic N) is 1. The van der Waals surface area contributed by atoms with Gasteiger partial charge in [-0.25, -0.2) is 4.79 Å². The van der Waals surface area contributed by atoms with Crippen LogP contribution in [0.2, 0.25) is 10.0 Å². The third-order valence-corrected chi connectivity index (χ3v) is 3.15. The first kappa shape index (κ1) is 16.0. The molecule has 0 heterocycles. The molecular formula is C15H9Cl2NO4. The fourth-order valence-corrected chi connectivity index (χ4v) is 2.02. The number of nitro groups is 1. The summed E-state index contributed by atoms with van der Waals surface area (Å²) in [5, 5.41) is 11.2. The van der Waals surface area contributed by atoms with E-state index in [-0.39, 0.29) is 16.5 Å². The van der Waals surface area contributed by atoms with Crippen LogP contribution in [-0.4, -0.2) is 10.9 Å². The summed E-state index contributed by atoms with van der Waals surface area (Å²) in [7, 11) is 0. The Morgan fingerprint density at radius 1 is 1.14 bits per heavy atom. The molecule has 0 aromatic heterocycles. The van der Waals surface area contributed by atoms with Gasteiger partial charge in [-0.1, -0.05) is 23.2 Å². The minimum absolute atomic E-state index is 0.0207. The Labute approximate surface area is 135 Å². The Balaban J connectivity index is 2.03. The topological polar surface area (TPSA) is 69.4 Å². The van der Waals surface area contributed by atoms with Crippen LogP contribution in [-0.2, 0) is 4.79 Å². The summed E-state index contributed by atoms with van der Waals surface area (Å²) in [6.45, 7) is 0. The van der Waals surface area contributed by atoms with Crippen molar-refractivity contribution >= 4 is 40.9 Å². The predicted molar refractivity (Wildman–Crippen MR) is 84.2 cm³/mol. The molecule has 0 aliphatic rings. The quantitative estimate of drug-likeness (QED) is 0.270. The lowest BCUT2D eigenvalue weighted by Crippen LogP contribution is -2.03. The van der Waals surface area contributed by atoms with E-state index >= 15 is 0 Å². The van der Waals surface area contributed by atoms with Crippen molar-refractivity contribution in [3.05, 3.63) is 74.3 Å². The number of hydrogen-bond donors (Lipinski definition) is 0. The summed E-state index contributed by atoms with van der Waals surface area (Å²) < 4.78 is 5.06. The van der Waals surface area contributed by atoms with E-state index in [2.05, 4.69) is 0 Å². The van der Waals surface area contributed by atoms with E-state index in [1.165, 1.54) is 48.6 Å². The fourth-order valence-electron chi connectivity index (χ4n) is 1.57. The van der Waals surface area contributed by atoms with Gasteiger partial charge in [0.25, 0.3) is 5.69 Å². The number of rotatable bonds is 4. The number of esters is 1. The van der Waals surface area contributed by atoms with Gasteiger partial charge in [0, 0.05) is 23.2 Å². The largest absolute Gasteiger partial charge is 0.422 e. The SMILES string of the molecule is O=C(/C=C/c1ccc([N+](=O)[O-])cc1)Oc1ccc(Cl)cc1Cl. The molecule has 0 unspecified atom stereocenters. The van der Waals surface area contributed by atoms with Gasteiger partial charge in [0.1, 0.15) is 5.75 Å². The van der Waals surface area contributed by atoms with Gasteiger partial charge in [-0.15, -0.1) is 0 Å². The molecule has 0 bridgehead atoms. The van der Waals surface area contributed by atoms with Crippen LogP contribution < -0.4 is 4.74 Å². The van der Waals surface area contributed by atoms with Crippen molar-refractivity contribution in [2.75, 3.05) is 0 Å². The average molecular weight is 338 g/mol. The molecule has 2 aromatic carbocycles. The number of carbonyl (C=O) groups excluding carboxylic acids is 1. The van der Waals surface area contributed by atoms with E-state index in [0.29, 0.717) is 10.6 Å². The molecule has 0 atom stereocenters. The van der Waals surface area contributed by atoms with Crippen LogP contribution in [0, 0.1) is 10.1 Å². The molecule has 0 aliphatic heterocycles. The Kier molecular flexibility index (Phi) is 5.14. The van der Waals surface area contributed by atoms with Crippen molar-refractivity contribution in [1.82, 2.24) is 0 Å². The van der Waals surface area contributed by atoms with E-state index in [0.717, 1.165) is 0 Å². The lowest BCUT2D eigenvalue weighted by molar-refractivity contribution is -0.384. The molecule has 0 fully saturated rings. The summed E-state index contributed by atoms with van der Waals surface area (Å²) in [6.07, 6.45) is 2.68. The lowest BCUT2D eigenvalue weighted by atomic mass is 10.2. The molecule has 0 spiro atoms. The number of ether oxygens (including phenoxy) is 1. The molecule has 0 amide bonds. The van der Waals surface area contributed by atoms with Gasteiger partial charge in [-0.3, -0.25) is 10.1 Å². The summed E-state index contributed by atoms with van der Waals surface area (Å²) >= 11 is 11.6. The van der Waals surface area contributed by atoms with Crippen LogP contribution in [0.25, 0.3) is 6.08 Å². The van der Waals surface area contributed by atoms with Gasteiger partial charge >= 0.3 is 5.97 Å². The number of halogens is 2. The van der Waals surface area contributed by atoms with Gasteiger partial charge in [-0.2, -0.15) is 0 Å². The number of hydrogen-bond acceptors (Lipinski definition) is 4. The van der Waals surface area contributed by atoms with Crippen LogP contribution in [0.1, 0.15) is 5.56 Å². The third-order valence-electron chi connectivity index (χ3n) is 2.62. The van der Waals surface area contributed by atoms with E-state index in [4.69, 9.17) is 27.9 Å². The Morgan fingerprint density at radius 3 is 2.41 bits per heavy atom. The number of carbonyl (C=O) groups is 1. The number of non-ortho nitro benzene ring substituents is 1. The Morgan fingerprint density at radius 2 is 1.82 bits per heavy atom. The van der Waals surface area contributed by atoms with E-state index in [1.807, 2.05) is 0 Å². The summed E-state index contributed by atoms with van der Waals surface area (Å²) in [5.41, 5.74) is 0.609. The van der Waals surface area contributed by atoms with Crippen LogP contribution >= 0.6 is 23.2 Å². The van der Waals surface area contributed by atoms with Crippen LogP contribution in [0.15, 0.2) is 48.5 Å². The zero-order valence-electron chi connectivity index (χ0n) is 11.0. The number of benzene rings is 2. The van der Waals surface area contributed by atoms with Gasteiger partial charge in [0.2, 0.25) is 0 Å². The standard InChI is InChI=1S/C15H9Cl2NO4/c16-11-4-7-14(13(17)9-11)22-15(19)8-3-10-1-5-12(6-2-10)18(20)21/h1-9H/b8-3+. The fraction of sp³-hybridized carbons (Fsp3) is 0. The second-order valence-corrected chi connectivity index (χ2v) is 5.02. The highest BCUT2D eigenvalue weighted by Crippen LogP contribution is 2.27. The predicted octanol–water partition coefficient (Wildman–Crippen LogP) is 4.52. The summed E-state index contributed by atoms with van der Waals surface area (Å²) in [6, 6.07) is 10.3. The van der Waals surface area contributed by atoms with Crippen molar-refractivity contribution < 1.29 is 14.5 Å². The van der Waals surface area contributed by atoms with Crippen molar-refractivity contribution in [3.8, 4) is 5.75 Å². The first-order chi connectivity index (χ1) is 10.5. The lowest BCUT2D eigenvalue weighted by Gasteiger charge is -2.03. The molecule has 5 nitrogen and oxygen atoms in total. The van der Waals surface area contributed by atoms with Gasteiger partial charge in [-0.05, 0) is 42.0 Å². The first-order valence-corrected chi connectivity index (χ1v) is 6.81. The monoisotopic (exact) mass is 337 g/mol. The van der Waals surface area contributed by atoms with Crippen LogP contribution in [0.5, 0.6) is 5.75 Å². The second kappa shape index (κ2) is 7.06. The molecule has 0 radical (unpaired) electrons. The molecule has 7 heteroatoms. The van der Waals surface area contributed by atoms with E-state index in [9.17, 15) is 14.9 Å². The van der Waals surface area contributed by atoms with Gasteiger partial charge in [0.05, 0.1) is 9.95 Å². The van der Waals surface area contributed by atoms with Gasteiger partial charge < -0.3 is 4.74 Å². The molecule has 22 heavy (non-hydrogen) atoms. The van der Waals surface area contributed by atoms with Crippen LogP contribution in [0.3, 0.4) is 0 Å². The number of nitro benzene ring substituents is 1. The normalized spacial score (nSPS) is 10.6. The molecule has 112 valence electrons. The van der Waals surface area contributed by atoms with Crippen molar-refractivity contribution in [1.29, 1.82) is 0 Å². The highest BCUT2D eigenvalue weighted by Gasteiger charge is 2.07. The molecule has 2 aromatic rings. The molecule has 0 saturated heterocycles. The Bertz CT molecular complexity index is 742. The maximum Gasteiger partial charge on any atom is 0.336 e. The zero-order valence-corrected chi connectivity index (χ0v) is 12.5. The van der Waals surface area contributed by atoms with Crippen molar-refractivity contribution in [2.24, 2.45) is 0 Å². The van der Waals surface area contributed by atoms with Gasteiger partial charge in [0.15, 0.2) is 0 Å². The summed E-state index contributed by atoms with van der Waals surface area (Å²) in [5.74, 6) is -0.424. The minimum atomic E-state index is -0.623. The smallest absolute Gasteiger partial charge is 0.336 e. The molecule has 0 N–H and O–H groups in total. The van der Waals surface area contributed by atoms with E-state index < -0.39 is 10.9 Å². The summed E-state index contributed by atoms with van der Waals surface area (Å²) in [4.78, 5) is 21.7. The van der Waals surface area contributed by atoms with Crippen molar-refractivity contribution in [2.45, 2.75) is 0 Å². The highest BCUT2D eigenvalue weighted by atomic mass is 35.5. The minimum Gasteiger partial charge on any atom is -0.422 e. The van der Waals surface area contributed by atoms with E-state index in [1.54, 1.807) is 6.07 Å².